The van der Waals surface area contributed by atoms with Crippen molar-refractivity contribution in [2.24, 2.45) is 0 Å². The summed E-state index contributed by atoms with van der Waals surface area (Å²) in [5, 5.41) is 5.28. The number of hydrogen-bond donors (Lipinski definition) is 2. The third-order valence-electron chi connectivity index (χ3n) is 4.85. The zero-order valence-electron chi connectivity index (χ0n) is 17.9. The number of rotatable bonds is 6. The van der Waals surface area contributed by atoms with Crippen molar-refractivity contribution in [3.05, 3.63) is 90.8 Å². The number of nitrogens with one attached hydrogen (secondary N) is 2. The van der Waals surface area contributed by atoms with Gasteiger partial charge in [-0.3, -0.25) is 0 Å². The number of nitrogens with zero attached hydrogens (tertiary/aromatic N) is 2. The summed E-state index contributed by atoms with van der Waals surface area (Å²) in [5.41, 5.74) is 1.98. The van der Waals surface area contributed by atoms with Crippen molar-refractivity contribution in [1.29, 1.82) is 0 Å². The zero-order valence-corrected chi connectivity index (χ0v) is 17.9. The Morgan fingerprint density at radius 2 is 2.00 bits per heavy atom. The minimum atomic E-state index is -4.78. The molecule has 1 aromatic heterocycles. The second kappa shape index (κ2) is 10.2. The number of allylic oxidation sites excluding steroid dienone is 4. The third-order valence-corrected chi connectivity index (χ3v) is 4.85. The molecule has 7 nitrogen and oxygen atoms in total. The molecule has 0 unspecified atom stereocenters. The van der Waals surface area contributed by atoms with Gasteiger partial charge in [0.15, 0.2) is 5.82 Å². The Kier molecular flexibility index (Phi) is 6.86. The van der Waals surface area contributed by atoms with Crippen molar-refractivity contribution in [2.45, 2.75) is 25.6 Å². The second-order valence-electron chi connectivity index (χ2n) is 7.40. The van der Waals surface area contributed by atoms with Gasteiger partial charge in [0.25, 0.3) is 0 Å². The Bertz CT molecular complexity index is 1150. The number of benzene rings is 1. The van der Waals surface area contributed by atoms with Gasteiger partial charge >= 0.3 is 12.4 Å². The number of ether oxygens (including phenoxy) is 2. The lowest BCUT2D eigenvalue weighted by atomic mass is 10.0. The van der Waals surface area contributed by atoms with E-state index in [4.69, 9.17) is 4.74 Å². The molecule has 34 heavy (non-hydrogen) atoms. The smallest absolute Gasteiger partial charge is 0.466 e. The molecule has 2 aromatic rings. The fourth-order valence-electron chi connectivity index (χ4n) is 3.38. The fraction of sp³-hybridized carbons (Fsp3) is 0.167. The predicted molar refractivity (Wildman–Crippen MR) is 122 cm³/mol. The standard InChI is InChI=1S/C24H21F3N4O3/c25-24(26,27)34-19-10-8-18(9-11-19)29-23(32)30-21-7-4-12-28-22(21)31-13-14-33-20(16-31)15-17-5-2-1-3-6-17/h1-2,4-5,7-14,16H,3,6,15H2,(H2,29,30,32). The lowest BCUT2D eigenvalue weighted by molar-refractivity contribution is -0.274. The van der Waals surface area contributed by atoms with Crippen molar-refractivity contribution in [3.63, 3.8) is 0 Å². The number of pyridine rings is 1. The Morgan fingerprint density at radius 1 is 1.18 bits per heavy atom. The van der Waals surface area contributed by atoms with Gasteiger partial charge in [-0.1, -0.05) is 23.8 Å². The van der Waals surface area contributed by atoms with E-state index in [1.165, 1.54) is 17.7 Å². The number of urea groups is 1. The summed E-state index contributed by atoms with van der Waals surface area (Å²) in [4.78, 5) is 18.6. The highest BCUT2D eigenvalue weighted by Gasteiger charge is 2.31. The van der Waals surface area contributed by atoms with Gasteiger partial charge in [0.05, 0.1) is 5.69 Å². The summed E-state index contributed by atoms with van der Waals surface area (Å²) in [7, 11) is 0. The molecule has 2 heterocycles. The number of carbonyl (C=O) groups is 1. The maximum absolute atomic E-state index is 12.5. The van der Waals surface area contributed by atoms with Crippen LogP contribution in [-0.4, -0.2) is 17.4 Å². The zero-order chi connectivity index (χ0) is 24.0. The molecule has 1 aliphatic heterocycles. The number of hydrogen-bond acceptors (Lipinski definition) is 5. The SMILES string of the molecule is O=C(Nc1ccc(OC(F)(F)F)cc1)Nc1cccnc1N1C=COC(CC2=CC=CCC2)=C1. The van der Waals surface area contributed by atoms with Gasteiger partial charge in [-0.2, -0.15) is 0 Å². The molecular weight excluding hydrogens is 449 g/mol. The highest BCUT2D eigenvalue weighted by molar-refractivity contribution is 6.01. The Balaban J connectivity index is 1.42. The number of amides is 2. The van der Waals surface area contributed by atoms with Crippen LogP contribution in [0, 0.1) is 0 Å². The number of carbonyl (C=O) groups excluding carboxylic acids is 1. The van der Waals surface area contributed by atoms with Crippen molar-refractivity contribution >= 4 is 23.2 Å². The quantitative estimate of drug-likeness (QED) is 0.508. The Hall–Kier alpha value is -4.21. The van der Waals surface area contributed by atoms with Crippen LogP contribution in [0.5, 0.6) is 5.75 Å². The predicted octanol–water partition coefficient (Wildman–Crippen LogP) is 6.44. The molecule has 0 saturated carbocycles. The molecule has 0 bridgehead atoms. The van der Waals surface area contributed by atoms with E-state index in [2.05, 4.69) is 32.5 Å². The molecule has 176 valence electrons. The van der Waals surface area contributed by atoms with E-state index in [1.54, 1.807) is 35.7 Å². The molecule has 2 aliphatic rings. The average Bonchev–Trinajstić information content (AvgIpc) is 2.81. The second-order valence-corrected chi connectivity index (χ2v) is 7.40. The maximum atomic E-state index is 12.5. The van der Waals surface area contributed by atoms with E-state index < -0.39 is 12.4 Å². The monoisotopic (exact) mass is 470 g/mol. The normalized spacial score (nSPS) is 15.2. The molecule has 2 amide bonds. The number of halogens is 3. The van der Waals surface area contributed by atoms with Crippen LogP contribution >= 0.6 is 0 Å². The van der Waals surface area contributed by atoms with Gasteiger partial charge in [-0.15, -0.1) is 13.2 Å². The summed E-state index contributed by atoms with van der Waals surface area (Å²) in [5.74, 6) is 0.835. The first-order chi connectivity index (χ1) is 16.4. The van der Waals surface area contributed by atoms with E-state index in [0.29, 0.717) is 23.6 Å². The molecule has 1 aromatic carbocycles. The van der Waals surface area contributed by atoms with Gasteiger partial charge in [-0.25, -0.2) is 9.78 Å². The number of aromatic nitrogens is 1. The summed E-state index contributed by atoms with van der Waals surface area (Å²) in [6.45, 7) is 0. The average molecular weight is 470 g/mol. The van der Waals surface area contributed by atoms with Gasteiger partial charge in [0, 0.05) is 30.7 Å². The van der Waals surface area contributed by atoms with Crippen LogP contribution in [0.2, 0.25) is 0 Å². The molecule has 0 saturated heterocycles. The molecule has 10 heteroatoms. The summed E-state index contributed by atoms with van der Waals surface area (Å²) >= 11 is 0. The summed E-state index contributed by atoms with van der Waals surface area (Å²) in [6.07, 6.45) is 10.7. The van der Waals surface area contributed by atoms with E-state index in [-0.39, 0.29) is 5.75 Å². The lowest BCUT2D eigenvalue weighted by Gasteiger charge is -2.23. The first-order valence-electron chi connectivity index (χ1n) is 10.4. The Labute approximate surface area is 193 Å². The fourth-order valence-corrected chi connectivity index (χ4v) is 3.38. The minimum absolute atomic E-state index is 0.292. The van der Waals surface area contributed by atoms with Crippen molar-refractivity contribution in [2.75, 3.05) is 15.5 Å². The lowest BCUT2D eigenvalue weighted by Crippen LogP contribution is -2.22. The van der Waals surface area contributed by atoms with Gasteiger partial charge in [0.1, 0.15) is 17.8 Å². The van der Waals surface area contributed by atoms with Crippen LogP contribution < -0.4 is 20.3 Å². The maximum Gasteiger partial charge on any atom is 0.573 e. The van der Waals surface area contributed by atoms with Crippen LogP contribution in [-0.2, 0) is 4.74 Å². The van der Waals surface area contributed by atoms with Crippen LogP contribution in [0.25, 0.3) is 0 Å². The minimum Gasteiger partial charge on any atom is -0.466 e. The van der Waals surface area contributed by atoms with E-state index in [0.717, 1.165) is 30.7 Å². The molecule has 4 rings (SSSR count). The van der Waals surface area contributed by atoms with Crippen LogP contribution in [0.15, 0.2) is 90.8 Å². The van der Waals surface area contributed by atoms with Gasteiger partial charge < -0.3 is 25.0 Å². The first kappa shape index (κ1) is 23.0. The van der Waals surface area contributed by atoms with E-state index in [9.17, 15) is 18.0 Å². The van der Waals surface area contributed by atoms with Crippen molar-refractivity contribution < 1.29 is 27.4 Å². The molecular formula is C24H21F3N4O3. The summed E-state index contributed by atoms with van der Waals surface area (Å²) < 4.78 is 46.3. The summed E-state index contributed by atoms with van der Waals surface area (Å²) in [6, 6.07) is 7.62. The molecule has 0 atom stereocenters. The van der Waals surface area contributed by atoms with Crippen LogP contribution in [0.1, 0.15) is 19.3 Å². The van der Waals surface area contributed by atoms with Gasteiger partial charge in [0.2, 0.25) is 0 Å². The highest BCUT2D eigenvalue weighted by Crippen LogP contribution is 2.29. The molecule has 2 N–H and O–H groups in total. The van der Waals surface area contributed by atoms with E-state index >= 15 is 0 Å². The number of anilines is 3. The van der Waals surface area contributed by atoms with Crippen LogP contribution in [0.3, 0.4) is 0 Å². The molecule has 0 radical (unpaired) electrons. The van der Waals surface area contributed by atoms with Gasteiger partial charge in [-0.05, 0) is 49.2 Å². The topological polar surface area (TPSA) is 75.7 Å². The first-order valence-corrected chi connectivity index (χ1v) is 10.4. The van der Waals surface area contributed by atoms with Crippen molar-refractivity contribution in [1.82, 2.24) is 4.98 Å². The molecule has 1 aliphatic carbocycles. The van der Waals surface area contributed by atoms with E-state index in [1.807, 2.05) is 12.3 Å². The number of alkyl halides is 3. The highest BCUT2D eigenvalue weighted by atomic mass is 19.4. The molecule has 0 spiro atoms. The third kappa shape index (κ3) is 6.41. The van der Waals surface area contributed by atoms with Crippen molar-refractivity contribution in [3.8, 4) is 5.75 Å². The Morgan fingerprint density at radius 3 is 2.74 bits per heavy atom. The van der Waals surface area contributed by atoms with Crippen LogP contribution in [0.4, 0.5) is 35.2 Å². The largest absolute Gasteiger partial charge is 0.573 e. The molecule has 0 fully saturated rings.